The molecule has 0 heterocycles. The highest BCUT2D eigenvalue weighted by Gasteiger charge is 1.91. The molecular formula is C13H21NO. The molecule has 0 aliphatic heterocycles. The molecule has 0 saturated carbocycles. The van der Waals surface area contributed by atoms with Gasteiger partial charge < -0.3 is 10.1 Å². The first-order chi connectivity index (χ1) is 7.43. The van der Waals surface area contributed by atoms with Crippen molar-refractivity contribution in [1.82, 2.24) is 5.32 Å². The summed E-state index contributed by atoms with van der Waals surface area (Å²) in [6.07, 6.45) is 3.59. The number of hydrogen-bond donors (Lipinski definition) is 1. The summed E-state index contributed by atoms with van der Waals surface area (Å²) in [5.41, 5.74) is 0. The normalized spacial score (nSPS) is 10.2. The minimum absolute atomic E-state index is 0.795. The number of nitrogens with one attached hydrogen (secondary N) is 1. The third-order valence-electron chi connectivity index (χ3n) is 2.22. The van der Waals surface area contributed by atoms with E-state index in [0.717, 1.165) is 31.9 Å². The molecule has 0 radical (unpaired) electrons. The van der Waals surface area contributed by atoms with Crippen molar-refractivity contribution in [2.24, 2.45) is 0 Å². The van der Waals surface area contributed by atoms with Crippen LogP contribution in [0.1, 0.15) is 26.2 Å². The zero-order chi connectivity index (χ0) is 10.8. The molecule has 0 aromatic heterocycles. The van der Waals surface area contributed by atoms with Crippen molar-refractivity contribution in [1.29, 1.82) is 0 Å². The molecule has 0 amide bonds. The Morgan fingerprint density at radius 1 is 1.07 bits per heavy atom. The van der Waals surface area contributed by atoms with Crippen LogP contribution < -0.4 is 10.1 Å². The van der Waals surface area contributed by atoms with Crippen molar-refractivity contribution >= 4 is 0 Å². The number of benzene rings is 1. The van der Waals surface area contributed by atoms with E-state index in [4.69, 9.17) is 4.74 Å². The number of ether oxygens (including phenoxy) is 1. The van der Waals surface area contributed by atoms with Crippen molar-refractivity contribution in [2.45, 2.75) is 26.2 Å². The first kappa shape index (κ1) is 12.1. The Kier molecular flexibility index (Phi) is 6.67. The molecule has 0 spiro atoms. The molecule has 0 unspecified atom stereocenters. The molecular weight excluding hydrogens is 186 g/mol. The highest BCUT2D eigenvalue weighted by molar-refractivity contribution is 5.20. The lowest BCUT2D eigenvalue weighted by molar-refractivity contribution is 0.308. The van der Waals surface area contributed by atoms with E-state index in [-0.39, 0.29) is 0 Å². The maximum atomic E-state index is 5.57. The van der Waals surface area contributed by atoms with Crippen LogP contribution >= 0.6 is 0 Å². The smallest absolute Gasteiger partial charge is 0.119 e. The van der Waals surface area contributed by atoms with Crippen molar-refractivity contribution in [3.05, 3.63) is 30.3 Å². The maximum Gasteiger partial charge on any atom is 0.119 e. The van der Waals surface area contributed by atoms with Gasteiger partial charge in [0.15, 0.2) is 0 Å². The quantitative estimate of drug-likeness (QED) is 0.662. The van der Waals surface area contributed by atoms with Gasteiger partial charge in [-0.25, -0.2) is 0 Å². The second-order valence-electron chi connectivity index (χ2n) is 3.62. The van der Waals surface area contributed by atoms with Crippen LogP contribution in [0.4, 0.5) is 0 Å². The minimum Gasteiger partial charge on any atom is -0.494 e. The summed E-state index contributed by atoms with van der Waals surface area (Å²) < 4.78 is 5.57. The molecule has 0 saturated heterocycles. The molecule has 84 valence electrons. The Hall–Kier alpha value is -1.02. The zero-order valence-electron chi connectivity index (χ0n) is 9.54. The molecule has 0 fully saturated rings. The van der Waals surface area contributed by atoms with Gasteiger partial charge in [0.25, 0.3) is 0 Å². The van der Waals surface area contributed by atoms with Crippen LogP contribution in [-0.2, 0) is 0 Å². The zero-order valence-corrected chi connectivity index (χ0v) is 9.54. The van der Waals surface area contributed by atoms with E-state index in [0.29, 0.717) is 0 Å². The van der Waals surface area contributed by atoms with Crippen LogP contribution in [0.25, 0.3) is 0 Å². The molecule has 2 nitrogen and oxygen atoms in total. The van der Waals surface area contributed by atoms with E-state index in [2.05, 4.69) is 12.2 Å². The van der Waals surface area contributed by atoms with Crippen molar-refractivity contribution in [3.63, 3.8) is 0 Å². The highest BCUT2D eigenvalue weighted by atomic mass is 16.5. The fourth-order valence-electron chi connectivity index (χ4n) is 1.33. The summed E-state index contributed by atoms with van der Waals surface area (Å²) in [4.78, 5) is 0. The lowest BCUT2D eigenvalue weighted by Crippen LogP contribution is -2.18. The molecule has 0 bridgehead atoms. The van der Waals surface area contributed by atoms with Gasteiger partial charge in [-0.3, -0.25) is 0 Å². The van der Waals surface area contributed by atoms with Crippen LogP contribution in [0.2, 0.25) is 0 Å². The van der Waals surface area contributed by atoms with E-state index in [1.165, 1.54) is 12.8 Å². The lowest BCUT2D eigenvalue weighted by atomic mass is 10.3. The van der Waals surface area contributed by atoms with Gasteiger partial charge in [-0.15, -0.1) is 0 Å². The summed E-state index contributed by atoms with van der Waals surface area (Å²) >= 11 is 0. The number of para-hydroxylation sites is 1. The molecule has 0 aliphatic carbocycles. The van der Waals surface area contributed by atoms with Gasteiger partial charge in [0.1, 0.15) is 5.75 Å². The van der Waals surface area contributed by atoms with E-state index >= 15 is 0 Å². The average Bonchev–Trinajstić information content (AvgIpc) is 2.29. The predicted octanol–water partition coefficient (Wildman–Crippen LogP) is 2.85. The summed E-state index contributed by atoms with van der Waals surface area (Å²) in [6.45, 7) is 5.18. The van der Waals surface area contributed by atoms with Crippen molar-refractivity contribution in [3.8, 4) is 5.75 Å². The Morgan fingerprint density at radius 3 is 2.53 bits per heavy atom. The lowest BCUT2D eigenvalue weighted by Gasteiger charge is -2.06. The van der Waals surface area contributed by atoms with Crippen LogP contribution in [0.5, 0.6) is 5.75 Å². The Morgan fingerprint density at radius 2 is 1.80 bits per heavy atom. The van der Waals surface area contributed by atoms with Crippen LogP contribution in [-0.4, -0.2) is 19.7 Å². The standard InChI is InChI=1S/C13H21NO/c1-2-3-10-14-11-7-12-15-13-8-5-4-6-9-13/h4-6,8-9,14H,2-3,7,10-12H2,1H3. The van der Waals surface area contributed by atoms with Gasteiger partial charge in [0, 0.05) is 0 Å². The van der Waals surface area contributed by atoms with E-state index < -0.39 is 0 Å². The molecule has 0 atom stereocenters. The van der Waals surface area contributed by atoms with Crippen molar-refractivity contribution < 1.29 is 4.74 Å². The van der Waals surface area contributed by atoms with Crippen LogP contribution in [0, 0.1) is 0 Å². The minimum atomic E-state index is 0.795. The largest absolute Gasteiger partial charge is 0.494 e. The Labute approximate surface area is 92.6 Å². The molecule has 2 heteroatoms. The second kappa shape index (κ2) is 8.30. The van der Waals surface area contributed by atoms with Gasteiger partial charge in [-0.1, -0.05) is 31.5 Å². The van der Waals surface area contributed by atoms with E-state index in [9.17, 15) is 0 Å². The molecule has 1 aromatic carbocycles. The molecule has 1 rings (SSSR count). The van der Waals surface area contributed by atoms with Crippen molar-refractivity contribution in [2.75, 3.05) is 19.7 Å². The van der Waals surface area contributed by atoms with Crippen LogP contribution in [0.15, 0.2) is 30.3 Å². The van der Waals surface area contributed by atoms with E-state index in [1.807, 2.05) is 30.3 Å². The highest BCUT2D eigenvalue weighted by Crippen LogP contribution is 2.07. The molecule has 1 N–H and O–H groups in total. The molecule has 0 aliphatic rings. The Balaban J connectivity index is 1.93. The third kappa shape index (κ3) is 6.13. The fourth-order valence-corrected chi connectivity index (χ4v) is 1.33. The van der Waals surface area contributed by atoms with Crippen LogP contribution in [0.3, 0.4) is 0 Å². The summed E-state index contributed by atoms with van der Waals surface area (Å²) in [5, 5.41) is 3.39. The predicted molar refractivity (Wildman–Crippen MR) is 64.3 cm³/mol. The first-order valence-corrected chi connectivity index (χ1v) is 5.82. The number of hydrogen-bond acceptors (Lipinski definition) is 2. The first-order valence-electron chi connectivity index (χ1n) is 5.82. The summed E-state index contributed by atoms with van der Waals surface area (Å²) in [5.74, 6) is 0.964. The average molecular weight is 207 g/mol. The van der Waals surface area contributed by atoms with Gasteiger partial charge in [0.2, 0.25) is 0 Å². The van der Waals surface area contributed by atoms with E-state index in [1.54, 1.807) is 0 Å². The van der Waals surface area contributed by atoms with Gasteiger partial charge in [-0.2, -0.15) is 0 Å². The fraction of sp³-hybridized carbons (Fsp3) is 0.538. The molecule has 1 aromatic rings. The Bertz CT molecular complexity index is 236. The van der Waals surface area contributed by atoms with Gasteiger partial charge in [-0.05, 0) is 38.1 Å². The number of unbranched alkanes of at least 4 members (excludes halogenated alkanes) is 1. The third-order valence-corrected chi connectivity index (χ3v) is 2.22. The second-order valence-corrected chi connectivity index (χ2v) is 3.62. The SMILES string of the molecule is CCCCNCCCOc1ccccc1. The van der Waals surface area contributed by atoms with Gasteiger partial charge in [0.05, 0.1) is 6.61 Å². The monoisotopic (exact) mass is 207 g/mol. The maximum absolute atomic E-state index is 5.57. The van der Waals surface area contributed by atoms with Gasteiger partial charge >= 0.3 is 0 Å². The topological polar surface area (TPSA) is 21.3 Å². The summed E-state index contributed by atoms with van der Waals surface area (Å²) in [7, 11) is 0. The molecule has 15 heavy (non-hydrogen) atoms. The number of rotatable bonds is 8. The summed E-state index contributed by atoms with van der Waals surface area (Å²) in [6, 6.07) is 9.97.